The minimum Gasteiger partial charge on any atom is -0.549 e. The molecule has 1 aromatic heterocycles. The second-order valence-corrected chi connectivity index (χ2v) is 3.30. The number of aliphatic carboxylic acids is 1. The van der Waals surface area contributed by atoms with E-state index in [1.807, 2.05) is 12.3 Å². The standard InChI is InChI=1S/C7H10N2O2S/c10-7(11)6-12-5-4-9-3-1-2-8-9/h1-3H,4-6H2,(H,10,11)/p-1. The van der Waals surface area contributed by atoms with Crippen molar-refractivity contribution in [3.63, 3.8) is 0 Å². The molecule has 5 heteroatoms. The summed E-state index contributed by atoms with van der Waals surface area (Å²) in [5.41, 5.74) is 0. The van der Waals surface area contributed by atoms with Crippen LogP contribution in [0.4, 0.5) is 0 Å². The van der Waals surface area contributed by atoms with E-state index >= 15 is 0 Å². The fourth-order valence-corrected chi connectivity index (χ4v) is 1.37. The summed E-state index contributed by atoms with van der Waals surface area (Å²) in [7, 11) is 0. The maximum Gasteiger partial charge on any atom is 0.0513 e. The van der Waals surface area contributed by atoms with Gasteiger partial charge in [-0.05, 0) is 6.07 Å². The first-order valence-electron chi connectivity index (χ1n) is 3.54. The lowest BCUT2D eigenvalue weighted by Gasteiger charge is -2.02. The van der Waals surface area contributed by atoms with Gasteiger partial charge in [0.2, 0.25) is 0 Å². The van der Waals surface area contributed by atoms with E-state index in [1.54, 1.807) is 10.9 Å². The van der Waals surface area contributed by atoms with Gasteiger partial charge < -0.3 is 9.90 Å². The number of carboxylic acid groups (broad SMARTS) is 1. The Bertz CT molecular complexity index is 236. The van der Waals surface area contributed by atoms with Gasteiger partial charge in [-0.2, -0.15) is 16.9 Å². The van der Waals surface area contributed by atoms with Crippen LogP contribution in [0, 0.1) is 0 Å². The number of hydrogen-bond acceptors (Lipinski definition) is 4. The van der Waals surface area contributed by atoms with Crippen molar-refractivity contribution in [2.24, 2.45) is 0 Å². The van der Waals surface area contributed by atoms with Crippen LogP contribution in [-0.4, -0.2) is 27.3 Å². The molecule has 0 N–H and O–H groups in total. The lowest BCUT2D eigenvalue weighted by Crippen LogP contribution is -2.24. The van der Waals surface area contributed by atoms with Gasteiger partial charge in [-0.1, -0.05) is 0 Å². The maximum absolute atomic E-state index is 10.0. The second-order valence-electron chi connectivity index (χ2n) is 2.19. The van der Waals surface area contributed by atoms with Crippen LogP contribution in [0.3, 0.4) is 0 Å². The first kappa shape index (κ1) is 9.12. The maximum atomic E-state index is 10.0. The summed E-state index contributed by atoms with van der Waals surface area (Å²) in [5, 5.41) is 14.0. The summed E-state index contributed by atoms with van der Waals surface area (Å²) in [5.74, 6) is -0.211. The molecule has 0 spiro atoms. The normalized spacial score (nSPS) is 10.0. The summed E-state index contributed by atoms with van der Waals surface area (Å²) in [6.45, 7) is 0.741. The molecule has 0 saturated carbocycles. The van der Waals surface area contributed by atoms with Crippen molar-refractivity contribution in [1.82, 2.24) is 9.78 Å². The first-order chi connectivity index (χ1) is 5.79. The van der Waals surface area contributed by atoms with Crippen LogP contribution in [-0.2, 0) is 11.3 Å². The third kappa shape index (κ3) is 3.43. The van der Waals surface area contributed by atoms with Gasteiger partial charge in [-0.25, -0.2) is 0 Å². The third-order valence-corrected chi connectivity index (χ3v) is 2.15. The van der Waals surface area contributed by atoms with E-state index in [4.69, 9.17) is 0 Å². The highest BCUT2D eigenvalue weighted by Crippen LogP contribution is 1.99. The van der Waals surface area contributed by atoms with Gasteiger partial charge in [0.15, 0.2) is 0 Å². The van der Waals surface area contributed by atoms with Gasteiger partial charge in [0, 0.05) is 30.4 Å². The van der Waals surface area contributed by atoms with Crippen molar-refractivity contribution in [2.75, 3.05) is 11.5 Å². The number of carbonyl (C=O) groups excluding carboxylic acids is 1. The van der Waals surface area contributed by atoms with Gasteiger partial charge in [0.05, 0.1) is 5.97 Å². The molecule has 0 aliphatic carbocycles. The number of aryl methyl sites for hydroxylation is 1. The van der Waals surface area contributed by atoms with E-state index in [0.717, 1.165) is 12.3 Å². The summed E-state index contributed by atoms with van der Waals surface area (Å²) < 4.78 is 1.77. The molecule has 0 radical (unpaired) electrons. The molecular weight excluding hydrogens is 176 g/mol. The molecule has 0 aliphatic rings. The highest BCUT2D eigenvalue weighted by atomic mass is 32.2. The molecule has 0 aromatic carbocycles. The first-order valence-corrected chi connectivity index (χ1v) is 4.69. The molecule has 0 atom stereocenters. The van der Waals surface area contributed by atoms with Crippen molar-refractivity contribution in [1.29, 1.82) is 0 Å². The molecule has 0 saturated heterocycles. The van der Waals surface area contributed by atoms with Crippen LogP contribution in [0.15, 0.2) is 18.5 Å². The lowest BCUT2D eigenvalue weighted by atomic mass is 10.7. The van der Waals surface area contributed by atoms with E-state index in [9.17, 15) is 9.90 Å². The van der Waals surface area contributed by atoms with E-state index < -0.39 is 5.97 Å². The summed E-state index contributed by atoms with van der Waals surface area (Å²) in [6, 6.07) is 1.84. The molecular formula is C7H9N2O2S-. The summed E-state index contributed by atoms with van der Waals surface area (Å²) >= 11 is 1.34. The predicted octanol–water partition coefficient (Wildman–Crippen LogP) is -0.634. The van der Waals surface area contributed by atoms with Crippen LogP contribution in [0.5, 0.6) is 0 Å². The summed E-state index contributed by atoms with van der Waals surface area (Å²) in [6.07, 6.45) is 3.54. The quantitative estimate of drug-likeness (QED) is 0.573. The number of hydrogen-bond donors (Lipinski definition) is 0. The number of rotatable bonds is 5. The molecule has 0 amide bonds. The van der Waals surface area contributed by atoms with Crippen molar-refractivity contribution < 1.29 is 9.90 Å². The van der Waals surface area contributed by atoms with Crippen molar-refractivity contribution in [3.8, 4) is 0 Å². The van der Waals surface area contributed by atoms with Crippen molar-refractivity contribution >= 4 is 17.7 Å². The zero-order valence-electron chi connectivity index (χ0n) is 6.47. The topological polar surface area (TPSA) is 57.9 Å². The number of carboxylic acids is 1. The van der Waals surface area contributed by atoms with Crippen molar-refractivity contribution in [3.05, 3.63) is 18.5 Å². The molecule has 12 heavy (non-hydrogen) atoms. The number of aromatic nitrogens is 2. The molecule has 1 aromatic rings. The van der Waals surface area contributed by atoms with Crippen LogP contribution >= 0.6 is 11.8 Å². The van der Waals surface area contributed by atoms with Crippen molar-refractivity contribution in [2.45, 2.75) is 6.54 Å². The largest absolute Gasteiger partial charge is 0.549 e. The second kappa shape index (κ2) is 4.82. The number of nitrogens with zero attached hydrogens (tertiary/aromatic N) is 2. The Morgan fingerprint density at radius 2 is 2.50 bits per heavy atom. The lowest BCUT2D eigenvalue weighted by molar-refractivity contribution is -0.301. The fraction of sp³-hybridized carbons (Fsp3) is 0.429. The van der Waals surface area contributed by atoms with Gasteiger partial charge >= 0.3 is 0 Å². The zero-order valence-corrected chi connectivity index (χ0v) is 7.29. The number of carbonyl (C=O) groups is 1. The molecule has 0 aliphatic heterocycles. The smallest absolute Gasteiger partial charge is 0.0513 e. The SMILES string of the molecule is O=C([O-])CSCCn1cccn1. The third-order valence-electron chi connectivity index (χ3n) is 1.24. The van der Waals surface area contributed by atoms with E-state index in [1.165, 1.54) is 11.8 Å². The Kier molecular flexibility index (Phi) is 3.66. The van der Waals surface area contributed by atoms with Crippen LogP contribution in [0.25, 0.3) is 0 Å². The van der Waals surface area contributed by atoms with Crippen LogP contribution < -0.4 is 5.11 Å². The Balaban J connectivity index is 2.07. The molecule has 1 rings (SSSR count). The highest BCUT2D eigenvalue weighted by Gasteiger charge is 1.91. The van der Waals surface area contributed by atoms with Gasteiger partial charge in [0.1, 0.15) is 0 Å². The van der Waals surface area contributed by atoms with Crippen LogP contribution in [0.1, 0.15) is 0 Å². The minimum absolute atomic E-state index is 0.0568. The monoisotopic (exact) mass is 185 g/mol. The van der Waals surface area contributed by atoms with Gasteiger partial charge in [0.25, 0.3) is 0 Å². The molecule has 0 bridgehead atoms. The Hall–Kier alpha value is -0.970. The molecule has 0 fully saturated rings. The predicted molar refractivity (Wildman–Crippen MR) is 44.6 cm³/mol. The van der Waals surface area contributed by atoms with Crippen LogP contribution in [0.2, 0.25) is 0 Å². The average Bonchev–Trinajstić information content (AvgIpc) is 2.49. The number of thioether (sulfide) groups is 1. The molecule has 1 heterocycles. The fourth-order valence-electron chi connectivity index (χ4n) is 0.746. The summed E-state index contributed by atoms with van der Waals surface area (Å²) in [4.78, 5) is 10.0. The molecule has 66 valence electrons. The Morgan fingerprint density at radius 1 is 1.67 bits per heavy atom. The zero-order chi connectivity index (χ0) is 8.81. The highest BCUT2D eigenvalue weighted by molar-refractivity contribution is 7.99. The molecule has 0 unspecified atom stereocenters. The van der Waals surface area contributed by atoms with E-state index in [0.29, 0.717) is 0 Å². The Labute approximate surface area is 74.6 Å². The minimum atomic E-state index is -1.01. The Morgan fingerprint density at radius 3 is 3.08 bits per heavy atom. The average molecular weight is 185 g/mol. The van der Waals surface area contributed by atoms with E-state index in [-0.39, 0.29) is 5.75 Å². The van der Waals surface area contributed by atoms with Gasteiger partial charge in [-0.3, -0.25) is 4.68 Å². The van der Waals surface area contributed by atoms with E-state index in [2.05, 4.69) is 5.10 Å². The van der Waals surface area contributed by atoms with Gasteiger partial charge in [-0.15, -0.1) is 0 Å². The molecule has 4 nitrogen and oxygen atoms in total.